The third kappa shape index (κ3) is 4.75. The number of benzene rings is 2. The highest BCUT2D eigenvalue weighted by Crippen LogP contribution is 2.30. The highest BCUT2D eigenvalue weighted by atomic mass is 16.5. The predicted molar refractivity (Wildman–Crippen MR) is 116 cm³/mol. The molecule has 4 rings (SSSR count). The Hall–Kier alpha value is -3.32. The van der Waals surface area contributed by atoms with Gasteiger partial charge in [-0.2, -0.15) is 4.98 Å². The minimum atomic E-state index is 0.506. The number of nitrogens with zero attached hydrogens (tertiary/aromatic N) is 3. The van der Waals surface area contributed by atoms with Crippen LogP contribution in [0.5, 0.6) is 5.75 Å². The van der Waals surface area contributed by atoms with Crippen LogP contribution in [0, 0.1) is 0 Å². The zero-order valence-electron chi connectivity index (χ0n) is 16.5. The van der Waals surface area contributed by atoms with Gasteiger partial charge in [0.05, 0.1) is 36.9 Å². The van der Waals surface area contributed by atoms with Gasteiger partial charge in [0.25, 0.3) is 0 Å². The Morgan fingerprint density at radius 1 is 0.966 bits per heavy atom. The van der Waals surface area contributed by atoms with Crippen molar-refractivity contribution in [3.05, 3.63) is 60.8 Å². The molecule has 1 saturated heterocycles. The second kappa shape index (κ2) is 9.25. The van der Waals surface area contributed by atoms with Crippen LogP contribution < -0.4 is 20.3 Å². The van der Waals surface area contributed by atoms with Crippen molar-refractivity contribution < 1.29 is 9.47 Å². The average Bonchev–Trinajstić information content (AvgIpc) is 2.77. The summed E-state index contributed by atoms with van der Waals surface area (Å²) in [5.74, 6) is 2.00. The third-order valence-electron chi connectivity index (χ3n) is 4.61. The number of nitrogens with one attached hydrogen (secondary N) is 2. The molecule has 1 aliphatic heterocycles. The fraction of sp³-hybridized carbons (Fsp3) is 0.273. The van der Waals surface area contributed by atoms with E-state index >= 15 is 0 Å². The van der Waals surface area contributed by atoms with Gasteiger partial charge in [-0.1, -0.05) is 24.3 Å². The zero-order valence-corrected chi connectivity index (χ0v) is 16.5. The van der Waals surface area contributed by atoms with E-state index in [1.54, 1.807) is 6.20 Å². The molecule has 7 nitrogen and oxygen atoms in total. The number of hydrogen-bond donors (Lipinski definition) is 2. The van der Waals surface area contributed by atoms with Crippen LogP contribution in [-0.4, -0.2) is 42.9 Å². The Kier molecular flexibility index (Phi) is 6.07. The molecule has 1 aromatic heterocycles. The SMILES string of the molecule is CCOc1ccccc1Nc1nccc(Nc2ccccc2N2CCOCC2)n1. The van der Waals surface area contributed by atoms with Crippen molar-refractivity contribution in [3.63, 3.8) is 0 Å². The van der Waals surface area contributed by atoms with Crippen molar-refractivity contribution in [3.8, 4) is 5.75 Å². The number of rotatable bonds is 7. The number of anilines is 5. The number of aromatic nitrogens is 2. The van der Waals surface area contributed by atoms with Crippen molar-refractivity contribution in [2.75, 3.05) is 48.4 Å². The van der Waals surface area contributed by atoms with Gasteiger partial charge in [0.1, 0.15) is 11.6 Å². The topological polar surface area (TPSA) is 71.5 Å². The van der Waals surface area contributed by atoms with Crippen molar-refractivity contribution in [2.24, 2.45) is 0 Å². The van der Waals surface area contributed by atoms with Gasteiger partial charge < -0.3 is 25.0 Å². The molecule has 7 heteroatoms. The molecular formula is C22H25N5O2. The lowest BCUT2D eigenvalue weighted by Crippen LogP contribution is -2.36. The maximum atomic E-state index is 5.67. The van der Waals surface area contributed by atoms with E-state index in [0.29, 0.717) is 12.6 Å². The number of morpholine rings is 1. The smallest absolute Gasteiger partial charge is 0.229 e. The molecule has 0 aliphatic carbocycles. The first-order valence-corrected chi connectivity index (χ1v) is 9.84. The summed E-state index contributed by atoms with van der Waals surface area (Å²) in [6.45, 7) is 5.81. The Bertz CT molecular complexity index is 944. The van der Waals surface area contributed by atoms with Gasteiger partial charge >= 0.3 is 0 Å². The summed E-state index contributed by atoms with van der Waals surface area (Å²) in [7, 11) is 0. The standard InChI is InChI=1S/C22H25N5O2/c1-2-29-20-10-6-4-8-18(20)25-22-23-12-11-21(26-22)24-17-7-3-5-9-19(17)27-13-15-28-16-14-27/h3-12H,2,13-16H2,1H3,(H2,23,24,25,26). The summed E-state index contributed by atoms with van der Waals surface area (Å²) in [4.78, 5) is 11.3. The average molecular weight is 391 g/mol. The molecule has 0 amide bonds. The Morgan fingerprint density at radius 3 is 2.55 bits per heavy atom. The van der Waals surface area contributed by atoms with Crippen LogP contribution in [0.3, 0.4) is 0 Å². The summed E-state index contributed by atoms with van der Waals surface area (Å²) >= 11 is 0. The second-order valence-electron chi connectivity index (χ2n) is 6.56. The van der Waals surface area contributed by atoms with Crippen LogP contribution in [0.25, 0.3) is 0 Å². The Morgan fingerprint density at radius 2 is 1.72 bits per heavy atom. The maximum absolute atomic E-state index is 5.67. The molecule has 3 aromatic rings. The molecule has 2 aromatic carbocycles. The van der Waals surface area contributed by atoms with Crippen LogP contribution >= 0.6 is 0 Å². The van der Waals surface area contributed by atoms with E-state index in [1.807, 2.05) is 49.4 Å². The first kappa shape index (κ1) is 19.0. The van der Waals surface area contributed by atoms with Gasteiger partial charge in [0.15, 0.2) is 0 Å². The molecule has 1 aliphatic rings. The summed E-state index contributed by atoms with van der Waals surface area (Å²) in [6.07, 6.45) is 1.73. The molecule has 0 unspecified atom stereocenters. The highest BCUT2D eigenvalue weighted by molar-refractivity contribution is 5.74. The van der Waals surface area contributed by atoms with E-state index in [9.17, 15) is 0 Å². The molecule has 0 saturated carbocycles. The summed E-state index contributed by atoms with van der Waals surface area (Å²) in [5.41, 5.74) is 2.99. The lowest BCUT2D eigenvalue weighted by atomic mass is 10.2. The molecule has 150 valence electrons. The normalized spacial score (nSPS) is 13.8. The van der Waals surface area contributed by atoms with E-state index in [4.69, 9.17) is 9.47 Å². The quantitative estimate of drug-likeness (QED) is 0.625. The van der Waals surface area contributed by atoms with E-state index in [2.05, 4.69) is 37.6 Å². The first-order chi connectivity index (χ1) is 14.3. The minimum Gasteiger partial charge on any atom is -0.492 e. The largest absolute Gasteiger partial charge is 0.492 e. The molecular weight excluding hydrogens is 366 g/mol. The highest BCUT2D eigenvalue weighted by Gasteiger charge is 2.15. The van der Waals surface area contributed by atoms with Crippen LogP contribution in [0.15, 0.2) is 60.8 Å². The van der Waals surface area contributed by atoms with E-state index in [-0.39, 0.29) is 0 Å². The molecule has 0 bridgehead atoms. The van der Waals surface area contributed by atoms with Crippen LogP contribution in [0.2, 0.25) is 0 Å². The molecule has 0 atom stereocenters. The molecule has 0 radical (unpaired) electrons. The van der Waals surface area contributed by atoms with Gasteiger partial charge in [0, 0.05) is 19.3 Å². The van der Waals surface area contributed by atoms with Crippen LogP contribution in [0.4, 0.5) is 28.8 Å². The van der Waals surface area contributed by atoms with Crippen molar-refractivity contribution in [1.82, 2.24) is 9.97 Å². The van der Waals surface area contributed by atoms with Gasteiger partial charge in [-0.25, -0.2) is 4.98 Å². The van der Waals surface area contributed by atoms with Gasteiger partial charge in [-0.05, 0) is 37.3 Å². The first-order valence-electron chi connectivity index (χ1n) is 9.84. The van der Waals surface area contributed by atoms with Crippen molar-refractivity contribution in [2.45, 2.75) is 6.92 Å². The molecule has 2 heterocycles. The molecule has 29 heavy (non-hydrogen) atoms. The van der Waals surface area contributed by atoms with E-state index < -0.39 is 0 Å². The number of ether oxygens (including phenoxy) is 2. The summed E-state index contributed by atoms with van der Waals surface area (Å²) < 4.78 is 11.1. The fourth-order valence-electron chi connectivity index (χ4n) is 3.26. The number of para-hydroxylation sites is 4. The van der Waals surface area contributed by atoms with Gasteiger partial charge in [0.2, 0.25) is 5.95 Å². The summed E-state index contributed by atoms with van der Waals surface area (Å²) in [5, 5.41) is 6.68. The predicted octanol–water partition coefficient (Wildman–Crippen LogP) is 4.20. The van der Waals surface area contributed by atoms with Crippen LogP contribution in [-0.2, 0) is 4.74 Å². The molecule has 2 N–H and O–H groups in total. The zero-order chi connectivity index (χ0) is 19.9. The minimum absolute atomic E-state index is 0.506. The Balaban J connectivity index is 1.53. The lowest BCUT2D eigenvalue weighted by molar-refractivity contribution is 0.123. The monoisotopic (exact) mass is 391 g/mol. The van der Waals surface area contributed by atoms with E-state index in [1.165, 1.54) is 0 Å². The number of hydrogen-bond acceptors (Lipinski definition) is 7. The van der Waals surface area contributed by atoms with Crippen molar-refractivity contribution in [1.29, 1.82) is 0 Å². The van der Waals surface area contributed by atoms with E-state index in [0.717, 1.165) is 54.9 Å². The maximum Gasteiger partial charge on any atom is 0.229 e. The molecule has 1 fully saturated rings. The third-order valence-corrected chi connectivity index (χ3v) is 4.61. The molecule has 0 spiro atoms. The van der Waals surface area contributed by atoms with Gasteiger partial charge in [-0.3, -0.25) is 0 Å². The van der Waals surface area contributed by atoms with Crippen LogP contribution in [0.1, 0.15) is 6.92 Å². The lowest BCUT2D eigenvalue weighted by Gasteiger charge is -2.30. The van der Waals surface area contributed by atoms with Crippen molar-refractivity contribution >= 4 is 28.8 Å². The fourth-order valence-corrected chi connectivity index (χ4v) is 3.26. The second-order valence-corrected chi connectivity index (χ2v) is 6.56. The van der Waals surface area contributed by atoms with Gasteiger partial charge in [-0.15, -0.1) is 0 Å². The summed E-state index contributed by atoms with van der Waals surface area (Å²) in [6, 6.07) is 17.9. The Labute approximate surface area is 170 Å².